The number of carbonyl (C=O) groups is 2. The molecule has 0 unspecified atom stereocenters. The van der Waals surface area contributed by atoms with Crippen molar-refractivity contribution in [3.8, 4) is 16.9 Å². The molecule has 0 radical (unpaired) electrons. The summed E-state index contributed by atoms with van der Waals surface area (Å²) >= 11 is 0. The molecule has 1 fully saturated rings. The van der Waals surface area contributed by atoms with Crippen LogP contribution in [0.15, 0.2) is 66.8 Å². The number of rotatable bonds is 11. The van der Waals surface area contributed by atoms with Gasteiger partial charge in [0.1, 0.15) is 11.6 Å². The third kappa shape index (κ3) is 7.64. The molecule has 1 saturated carbocycles. The third-order valence-electron chi connectivity index (χ3n) is 6.66. The third-order valence-corrected chi connectivity index (χ3v) is 6.66. The lowest BCUT2D eigenvalue weighted by molar-refractivity contribution is -0.139. The van der Waals surface area contributed by atoms with Crippen molar-refractivity contribution in [2.45, 2.75) is 58.3 Å². The summed E-state index contributed by atoms with van der Waals surface area (Å²) < 4.78 is 25.7. The molecule has 0 aromatic heterocycles. The van der Waals surface area contributed by atoms with Crippen LogP contribution in [0.4, 0.5) is 4.39 Å². The molecule has 1 aliphatic rings. The van der Waals surface area contributed by atoms with Gasteiger partial charge < -0.3 is 9.47 Å². The first-order valence-electron chi connectivity index (χ1n) is 12.3. The van der Waals surface area contributed by atoms with Gasteiger partial charge in [-0.15, -0.1) is 0 Å². The number of esters is 1. The lowest BCUT2D eigenvalue weighted by Gasteiger charge is -2.29. The summed E-state index contributed by atoms with van der Waals surface area (Å²) in [5, 5.41) is 0. The van der Waals surface area contributed by atoms with Gasteiger partial charge in [0.15, 0.2) is 12.4 Å². The zero-order valence-electron chi connectivity index (χ0n) is 20.8. The summed E-state index contributed by atoms with van der Waals surface area (Å²) in [6, 6.07) is 12.7. The fourth-order valence-corrected chi connectivity index (χ4v) is 4.47. The van der Waals surface area contributed by atoms with Crippen LogP contribution in [0.5, 0.6) is 5.75 Å². The van der Waals surface area contributed by atoms with E-state index in [0.717, 1.165) is 49.7 Å². The van der Waals surface area contributed by atoms with E-state index >= 15 is 4.39 Å². The highest BCUT2D eigenvalue weighted by Crippen LogP contribution is 2.38. The van der Waals surface area contributed by atoms with E-state index in [-0.39, 0.29) is 24.2 Å². The van der Waals surface area contributed by atoms with Crippen LogP contribution in [0.3, 0.4) is 0 Å². The molecule has 0 spiro atoms. The topological polar surface area (TPSA) is 52.6 Å². The van der Waals surface area contributed by atoms with Gasteiger partial charge in [-0.1, -0.05) is 37.4 Å². The van der Waals surface area contributed by atoms with E-state index in [1.165, 1.54) is 0 Å². The van der Waals surface area contributed by atoms with Crippen molar-refractivity contribution in [2.75, 3.05) is 13.2 Å². The molecule has 0 atom stereocenters. The summed E-state index contributed by atoms with van der Waals surface area (Å²) in [5.74, 6) is 0.872. The smallest absolute Gasteiger partial charge is 0.333 e. The molecule has 1 aliphatic carbocycles. The summed E-state index contributed by atoms with van der Waals surface area (Å²) in [7, 11) is 0. The van der Waals surface area contributed by atoms with Gasteiger partial charge in [-0.2, -0.15) is 0 Å². The maximum absolute atomic E-state index is 15.0. The summed E-state index contributed by atoms with van der Waals surface area (Å²) in [4.78, 5) is 23.1. The Kier molecular flexibility index (Phi) is 9.41. The second-order valence-corrected chi connectivity index (χ2v) is 9.53. The van der Waals surface area contributed by atoms with Crippen molar-refractivity contribution in [1.82, 2.24) is 0 Å². The highest BCUT2D eigenvalue weighted by atomic mass is 19.1. The summed E-state index contributed by atoms with van der Waals surface area (Å²) in [6.45, 7) is 10.9. The van der Waals surface area contributed by atoms with Crippen LogP contribution in [-0.2, 0) is 14.3 Å². The van der Waals surface area contributed by atoms with Gasteiger partial charge in [-0.25, -0.2) is 9.18 Å². The first-order chi connectivity index (χ1) is 16.7. The Labute approximate surface area is 207 Å². The van der Waals surface area contributed by atoms with Crippen molar-refractivity contribution in [3.05, 3.63) is 78.1 Å². The average Bonchev–Trinajstić information content (AvgIpc) is 2.85. The number of hydrogen-bond donors (Lipinski definition) is 0. The lowest BCUT2D eigenvalue weighted by atomic mass is 9.77. The van der Waals surface area contributed by atoms with E-state index in [1.54, 1.807) is 44.2 Å². The van der Waals surface area contributed by atoms with Crippen LogP contribution in [0.25, 0.3) is 11.1 Å². The number of Topliss-reactive ketones (excluding diaryl/α,β-unsaturated/α-hetero) is 1. The first-order valence-corrected chi connectivity index (χ1v) is 12.3. The average molecular weight is 479 g/mol. The van der Waals surface area contributed by atoms with Crippen LogP contribution in [0, 0.1) is 11.7 Å². The normalized spacial score (nSPS) is 17.5. The Balaban J connectivity index is 1.50. The van der Waals surface area contributed by atoms with Crippen LogP contribution < -0.4 is 4.74 Å². The maximum Gasteiger partial charge on any atom is 0.333 e. The Hall–Kier alpha value is -3.21. The van der Waals surface area contributed by atoms with Crippen LogP contribution >= 0.6 is 0 Å². The molecule has 0 saturated heterocycles. The molecule has 0 aliphatic heterocycles. The molecule has 0 N–H and O–H groups in total. The predicted molar refractivity (Wildman–Crippen MR) is 137 cm³/mol. The SMILES string of the molecule is C=C(C)C(=O)COc1ccc(-c2ccc(C3CCC(CCCOC(=O)C(=C)C)CC3)cc2F)cc1. The highest BCUT2D eigenvalue weighted by Gasteiger charge is 2.23. The minimum Gasteiger partial charge on any atom is -0.485 e. The summed E-state index contributed by atoms with van der Waals surface area (Å²) in [5.41, 5.74) is 3.26. The Morgan fingerprint density at radius 3 is 2.26 bits per heavy atom. The molecule has 5 heteroatoms. The Morgan fingerprint density at radius 2 is 1.66 bits per heavy atom. The lowest BCUT2D eigenvalue weighted by Crippen LogP contribution is -2.15. The fraction of sp³-hybridized carbons (Fsp3) is 0.400. The zero-order chi connectivity index (χ0) is 25.4. The second-order valence-electron chi connectivity index (χ2n) is 9.53. The van der Waals surface area contributed by atoms with E-state index in [9.17, 15) is 9.59 Å². The van der Waals surface area contributed by atoms with E-state index < -0.39 is 0 Å². The van der Waals surface area contributed by atoms with Crippen molar-refractivity contribution in [3.63, 3.8) is 0 Å². The molecular weight excluding hydrogens is 443 g/mol. The quantitative estimate of drug-likeness (QED) is 0.195. The van der Waals surface area contributed by atoms with Gasteiger partial charge in [0.05, 0.1) is 6.61 Å². The zero-order valence-corrected chi connectivity index (χ0v) is 20.8. The molecule has 0 amide bonds. The van der Waals surface area contributed by atoms with E-state index in [2.05, 4.69) is 13.2 Å². The highest BCUT2D eigenvalue weighted by molar-refractivity contribution is 5.95. The van der Waals surface area contributed by atoms with E-state index in [0.29, 0.717) is 40.9 Å². The van der Waals surface area contributed by atoms with Crippen LogP contribution in [0.2, 0.25) is 0 Å². The second kappa shape index (κ2) is 12.5. The molecule has 3 rings (SSSR count). The minimum absolute atomic E-state index is 0.0531. The number of hydrogen-bond acceptors (Lipinski definition) is 4. The van der Waals surface area contributed by atoms with Gasteiger partial charge in [0.2, 0.25) is 0 Å². The van der Waals surface area contributed by atoms with Gasteiger partial charge in [0, 0.05) is 11.1 Å². The molecular formula is C30H35FO4. The molecule has 0 heterocycles. The summed E-state index contributed by atoms with van der Waals surface area (Å²) in [6.07, 6.45) is 6.22. The van der Waals surface area contributed by atoms with E-state index in [1.807, 2.05) is 12.1 Å². The standard InChI is InChI=1S/C30H35FO4/c1-20(2)29(32)19-35-26-14-11-24(12-15-26)27-16-13-25(18-28(27)31)23-9-7-22(8-10-23)6-5-17-34-30(33)21(3)4/h11-16,18,22-23H,1,3,5-10,17,19H2,2,4H3. The van der Waals surface area contributed by atoms with Crippen LogP contribution in [-0.4, -0.2) is 25.0 Å². The van der Waals surface area contributed by atoms with Crippen molar-refractivity contribution in [2.24, 2.45) is 5.92 Å². The van der Waals surface area contributed by atoms with Gasteiger partial charge in [-0.3, -0.25) is 4.79 Å². The van der Waals surface area contributed by atoms with Crippen molar-refractivity contribution >= 4 is 11.8 Å². The van der Waals surface area contributed by atoms with Gasteiger partial charge in [0.25, 0.3) is 0 Å². The van der Waals surface area contributed by atoms with Crippen LogP contribution in [0.1, 0.15) is 63.9 Å². The molecule has 35 heavy (non-hydrogen) atoms. The first kappa shape index (κ1) is 26.4. The number of carbonyl (C=O) groups excluding carboxylic acids is 2. The number of ketones is 1. The van der Waals surface area contributed by atoms with Gasteiger partial charge in [-0.05, 0) is 99.1 Å². The largest absolute Gasteiger partial charge is 0.485 e. The van der Waals surface area contributed by atoms with Crippen molar-refractivity contribution < 1.29 is 23.5 Å². The van der Waals surface area contributed by atoms with Crippen molar-refractivity contribution in [1.29, 1.82) is 0 Å². The van der Waals surface area contributed by atoms with Gasteiger partial charge >= 0.3 is 5.97 Å². The van der Waals surface area contributed by atoms with E-state index in [4.69, 9.17) is 9.47 Å². The molecule has 4 nitrogen and oxygen atoms in total. The molecule has 186 valence electrons. The Morgan fingerprint density at radius 1 is 0.971 bits per heavy atom. The number of benzene rings is 2. The number of halogens is 1. The Bertz CT molecular complexity index is 1060. The molecule has 0 bridgehead atoms. The molecule has 2 aromatic rings. The minimum atomic E-state index is -0.321. The molecule has 2 aromatic carbocycles. The number of ether oxygens (including phenoxy) is 2. The predicted octanol–water partition coefficient (Wildman–Crippen LogP) is 7.19. The maximum atomic E-state index is 15.0. The fourth-order valence-electron chi connectivity index (χ4n) is 4.47. The monoisotopic (exact) mass is 478 g/mol.